The van der Waals surface area contributed by atoms with Gasteiger partial charge in [-0.05, 0) is 31.0 Å². The lowest BCUT2D eigenvalue weighted by Crippen LogP contribution is -2.09. The zero-order valence-corrected chi connectivity index (χ0v) is 16.4. The highest BCUT2D eigenvalue weighted by molar-refractivity contribution is 7.71. The number of nitrogens with zero attached hydrogens (tertiary/aromatic N) is 4. The molecule has 0 atom stereocenters. The molecule has 144 valence electrons. The van der Waals surface area contributed by atoms with Gasteiger partial charge in [0.25, 0.3) is 5.69 Å². The van der Waals surface area contributed by atoms with E-state index >= 15 is 0 Å². The Morgan fingerprint density at radius 2 is 2.19 bits per heavy atom. The lowest BCUT2D eigenvalue weighted by atomic mass is 9.86. The molecule has 1 aliphatic rings. The van der Waals surface area contributed by atoms with Gasteiger partial charge in [-0.3, -0.25) is 15.2 Å². The lowest BCUT2D eigenvalue weighted by molar-refractivity contribution is -0.385. The monoisotopic (exact) mass is 387 g/mol. The molecule has 1 saturated carbocycles. The van der Waals surface area contributed by atoms with Crippen molar-refractivity contribution in [3.8, 4) is 0 Å². The predicted octanol–water partition coefficient (Wildman–Crippen LogP) is 4.81. The van der Waals surface area contributed by atoms with Gasteiger partial charge in [-0.1, -0.05) is 51.2 Å². The molecule has 2 aromatic rings. The van der Waals surface area contributed by atoms with E-state index in [1.165, 1.54) is 32.1 Å². The second-order valence-electron chi connectivity index (χ2n) is 7.04. The fourth-order valence-corrected chi connectivity index (χ4v) is 3.87. The summed E-state index contributed by atoms with van der Waals surface area (Å²) in [5.41, 5.74) is 1.50. The minimum atomic E-state index is -0.352. The molecule has 1 heterocycles. The number of nitro groups is 1. The summed E-state index contributed by atoms with van der Waals surface area (Å²) in [5.74, 6) is 1.56. The predicted molar refractivity (Wildman–Crippen MR) is 108 cm³/mol. The molecule has 0 bridgehead atoms. The SMILES string of the molecule is CCc1ccc(/C=N\n2c(CCC3CCCCC3)n[nH]c2=S)cc1[N+](=O)[O-]. The van der Waals surface area contributed by atoms with Gasteiger partial charge < -0.3 is 0 Å². The van der Waals surface area contributed by atoms with Gasteiger partial charge in [0.15, 0.2) is 5.82 Å². The molecular formula is C19H25N5O2S. The number of nitro benzene ring substituents is 1. The van der Waals surface area contributed by atoms with Crippen molar-refractivity contribution in [2.75, 3.05) is 0 Å². The Kier molecular flexibility index (Phi) is 6.49. The van der Waals surface area contributed by atoms with E-state index in [-0.39, 0.29) is 10.6 Å². The van der Waals surface area contributed by atoms with Crippen LogP contribution in [0.4, 0.5) is 5.69 Å². The van der Waals surface area contributed by atoms with Crippen LogP contribution in [0.5, 0.6) is 0 Å². The molecule has 1 N–H and O–H groups in total. The Hall–Kier alpha value is -2.35. The molecule has 0 aliphatic heterocycles. The summed E-state index contributed by atoms with van der Waals surface area (Å²) in [4.78, 5) is 10.9. The molecular weight excluding hydrogens is 362 g/mol. The average Bonchev–Trinajstić information content (AvgIpc) is 3.04. The summed E-state index contributed by atoms with van der Waals surface area (Å²) in [6.07, 6.45) is 10.7. The Morgan fingerprint density at radius 3 is 2.89 bits per heavy atom. The largest absolute Gasteiger partial charge is 0.273 e. The van der Waals surface area contributed by atoms with Crippen molar-refractivity contribution in [1.29, 1.82) is 0 Å². The van der Waals surface area contributed by atoms with Crippen molar-refractivity contribution in [2.24, 2.45) is 11.0 Å². The third-order valence-electron chi connectivity index (χ3n) is 5.23. The number of aromatic nitrogens is 3. The maximum Gasteiger partial charge on any atom is 0.273 e. The number of aromatic amines is 1. The lowest BCUT2D eigenvalue weighted by Gasteiger charge is -2.20. The van der Waals surface area contributed by atoms with E-state index in [1.54, 1.807) is 23.0 Å². The van der Waals surface area contributed by atoms with Gasteiger partial charge >= 0.3 is 0 Å². The maximum absolute atomic E-state index is 11.2. The number of aryl methyl sites for hydroxylation is 2. The first-order chi connectivity index (χ1) is 13.1. The Balaban J connectivity index is 1.75. The quantitative estimate of drug-likeness (QED) is 0.320. The van der Waals surface area contributed by atoms with E-state index in [0.717, 1.165) is 24.6 Å². The van der Waals surface area contributed by atoms with E-state index in [0.29, 0.717) is 22.3 Å². The number of benzene rings is 1. The molecule has 27 heavy (non-hydrogen) atoms. The molecule has 1 aliphatic carbocycles. The molecule has 0 amide bonds. The zero-order valence-electron chi connectivity index (χ0n) is 15.6. The fraction of sp³-hybridized carbons (Fsp3) is 0.526. The normalized spacial score (nSPS) is 15.4. The molecule has 0 radical (unpaired) electrons. The van der Waals surface area contributed by atoms with Crippen LogP contribution < -0.4 is 0 Å². The first-order valence-electron chi connectivity index (χ1n) is 9.56. The minimum Gasteiger partial charge on any atom is -0.258 e. The summed E-state index contributed by atoms with van der Waals surface area (Å²) in [6.45, 7) is 1.90. The van der Waals surface area contributed by atoms with E-state index in [2.05, 4.69) is 15.3 Å². The number of hydrogen-bond acceptors (Lipinski definition) is 5. The highest BCUT2D eigenvalue weighted by atomic mass is 32.1. The standard InChI is InChI=1S/C19H25N5O2S/c1-2-16-10-8-15(12-17(16)24(25)26)13-20-23-18(21-22-19(23)27)11-9-14-6-4-3-5-7-14/h8,10,12-14H,2-7,9,11H2,1H3,(H,22,27)/b20-13-. The van der Waals surface area contributed by atoms with Crippen molar-refractivity contribution < 1.29 is 4.92 Å². The summed E-state index contributed by atoms with van der Waals surface area (Å²) in [7, 11) is 0. The van der Waals surface area contributed by atoms with Crippen molar-refractivity contribution in [1.82, 2.24) is 14.9 Å². The minimum absolute atomic E-state index is 0.120. The molecule has 1 aromatic heterocycles. The van der Waals surface area contributed by atoms with Crippen LogP contribution in [0.15, 0.2) is 23.3 Å². The third-order valence-corrected chi connectivity index (χ3v) is 5.49. The molecule has 3 rings (SSSR count). The molecule has 7 nitrogen and oxygen atoms in total. The van der Waals surface area contributed by atoms with Crippen LogP contribution in [0.25, 0.3) is 0 Å². The smallest absolute Gasteiger partial charge is 0.258 e. The van der Waals surface area contributed by atoms with Crippen molar-refractivity contribution in [2.45, 2.75) is 58.3 Å². The molecule has 0 unspecified atom stereocenters. The van der Waals surface area contributed by atoms with Crippen LogP contribution in [0.1, 0.15) is 62.4 Å². The van der Waals surface area contributed by atoms with Gasteiger partial charge in [0, 0.05) is 23.6 Å². The van der Waals surface area contributed by atoms with Crippen LogP contribution >= 0.6 is 12.2 Å². The van der Waals surface area contributed by atoms with Crippen molar-refractivity contribution in [3.63, 3.8) is 0 Å². The van der Waals surface area contributed by atoms with Crippen molar-refractivity contribution in [3.05, 3.63) is 50.0 Å². The Bertz CT molecular complexity index is 880. The third kappa shape index (κ3) is 4.88. The van der Waals surface area contributed by atoms with Gasteiger partial charge in [0.05, 0.1) is 11.1 Å². The summed E-state index contributed by atoms with van der Waals surface area (Å²) < 4.78 is 2.06. The van der Waals surface area contributed by atoms with E-state index in [1.807, 2.05) is 13.0 Å². The second-order valence-corrected chi connectivity index (χ2v) is 7.43. The number of nitrogens with one attached hydrogen (secondary N) is 1. The van der Waals surface area contributed by atoms with Crippen LogP contribution in [-0.4, -0.2) is 26.0 Å². The topological polar surface area (TPSA) is 89.1 Å². The van der Waals surface area contributed by atoms with Crippen LogP contribution in [-0.2, 0) is 12.8 Å². The maximum atomic E-state index is 11.2. The summed E-state index contributed by atoms with van der Waals surface area (Å²) >= 11 is 5.29. The van der Waals surface area contributed by atoms with Gasteiger partial charge in [0.1, 0.15) is 0 Å². The molecule has 1 aromatic carbocycles. The number of H-pyrrole nitrogens is 1. The molecule has 1 fully saturated rings. The van der Waals surface area contributed by atoms with Gasteiger partial charge in [-0.25, -0.2) is 0 Å². The molecule has 0 saturated heterocycles. The first kappa shape index (κ1) is 19.4. The van der Waals surface area contributed by atoms with Gasteiger partial charge in [-0.2, -0.15) is 14.9 Å². The Labute approximate surface area is 163 Å². The van der Waals surface area contributed by atoms with E-state index in [4.69, 9.17) is 12.2 Å². The highest BCUT2D eigenvalue weighted by Crippen LogP contribution is 2.27. The first-order valence-corrected chi connectivity index (χ1v) is 9.97. The van der Waals surface area contributed by atoms with Crippen LogP contribution in [0, 0.1) is 20.8 Å². The Morgan fingerprint density at radius 1 is 1.41 bits per heavy atom. The van der Waals surface area contributed by atoms with E-state index in [9.17, 15) is 10.1 Å². The summed E-state index contributed by atoms with van der Waals surface area (Å²) in [6, 6.07) is 5.16. The van der Waals surface area contributed by atoms with E-state index < -0.39 is 0 Å². The van der Waals surface area contributed by atoms with Crippen LogP contribution in [0.2, 0.25) is 0 Å². The summed E-state index contributed by atoms with van der Waals surface area (Å²) in [5, 5.41) is 22.8. The second kappa shape index (κ2) is 9.03. The highest BCUT2D eigenvalue weighted by Gasteiger charge is 2.15. The zero-order chi connectivity index (χ0) is 19.2. The van der Waals surface area contributed by atoms with Gasteiger partial charge in [0.2, 0.25) is 4.77 Å². The molecule has 8 heteroatoms. The fourth-order valence-electron chi connectivity index (χ4n) is 3.67. The average molecular weight is 388 g/mol. The number of hydrogen-bond donors (Lipinski definition) is 1. The number of rotatable bonds is 7. The molecule has 0 spiro atoms. The van der Waals surface area contributed by atoms with Crippen molar-refractivity contribution >= 4 is 24.1 Å². The van der Waals surface area contributed by atoms with Gasteiger partial charge in [-0.15, -0.1) is 0 Å². The van der Waals surface area contributed by atoms with Crippen LogP contribution in [0.3, 0.4) is 0 Å².